The number of nitrogens with zero attached hydrogens (tertiary/aromatic N) is 1. The van der Waals surface area contributed by atoms with Crippen LogP contribution in [0, 0.1) is 6.92 Å². The summed E-state index contributed by atoms with van der Waals surface area (Å²) in [6, 6.07) is 9.82. The van der Waals surface area contributed by atoms with E-state index < -0.39 is 0 Å². The van der Waals surface area contributed by atoms with Crippen LogP contribution >= 0.6 is 11.8 Å². The highest BCUT2D eigenvalue weighted by atomic mass is 32.2. The highest BCUT2D eigenvalue weighted by Gasteiger charge is 2.20. The van der Waals surface area contributed by atoms with Crippen LogP contribution in [0.25, 0.3) is 10.9 Å². The van der Waals surface area contributed by atoms with Crippen molar-refractivity contribution >= 4 is 27.8 Å². The Morgan fingerprint density at radius 1 is 1.22 bits per heavy atom. The molecule has 0 atom stereocenters. The molecule has 2 rings (SSSR count). The minimum absolute atomic E-state index is 0.0742. The molecule has 0 aliphatic rings. The molecule has 2 aromatic rings. The highest BCUT2D eigenvalue weighted by Crippen LogP contribution is 2.29. The normalized spacial score (nSPS) is 11.8. The smallest absolute Gasteiger partial charge is 0.221 e. The SMILES string of the molecule is Cc1nc2ccccc2cc1C(=O)SC(C)(C)C. The van der Waals surface area contributed by atoms with Crippen LogP contribution in [0.2, 0.25) is 0 Å². The zero-order chi connectivity index (χ0) is 13.3. The molecule has 94 valence electrons. The van der Waals surface area contributed by atoms with Crippen molar-refractivity contribution < 1.29 is 4.79 Å². The van der Waals surface area contributed by atoms with E-state index in [1.54, 1.807) is 0 Å². The van der Waals surface area contributed by atoms with Gasteiger partial charge in [-0.1, -0.05) is 50.7 Å². The molecule has 0 N–H and O–H groups in total. The average Bonchev–Trinajstić information content (AvgIpc) is 2.25. The van der Waals surface area contributed by atoms with E-state index in [-0.39, 0.29) is 9.86 Å². The molecule has 0 spiro atoms. The van der Waals surface area contributed by atoms with Gasteiger partial charge in [-0.05, 0) is 19.1 Å². The molecule has 18 heavy (non-hydrogen) atoms. The van der Waals surface area contributed by atoms with Gasteiger partial charge in [0.1, 0.15) is 0 Å². The molecular weight excluding hydrogens is 242 g/mol. The number of carbonyl (C=O) groups is 1. The van der Waals surface area contributed by atoms with Crippen LogP contribution in [0.3, 0.4) is 0 Å². The average molecular weight is 259 g/mol. The Hall–Kier alpha value is -1.35. The zero-order valence-electron chi connectivity index (χ0n) is 11.2. The number of hydrogen-bond donors (Lipinski definition) is 0. The van der Waals surface area contributed by atoms with Gasteiger partial charge in [-0.15, -0.1) is 0 Å². The van der Waals surface area contributed by atoms with Crippen LogP contribution < -0.4 is 0 Å². The van der Waals surface area contributed by atoms with E-state index in [1.807, 2.05) is 58.0 Å². The Morgan fingerprint density at radius 3 is 2.56 bits per heavy atom. The lowest BCUT2D eigenvalue weighted by Crippen LogP contribution is -2.13. The van der Waals surface area contributed by atoms with Crippen LogP contribution in [0.5, 0.6) is 0 Å². The van der Waals surface area contributed by atoms with Crippen molar-refractivity contribution in [1.29, 1.82) is 0 Å². The summed E-state index contributed by atoms with van der Waals surface area (Å²) in [5.74, 6) is 0. The second-order valence-electron chi connectivity index (χ2n) is 5.32. The fourth-order valence-corrected chi connectivity index (χ4v) is 2.62. The van der Waals surface area contributed by atoms with E-state index in [1.165, 1.54) is 11.8 Å². The number of hydrogen-bond acceptors (Lipinski definition) is 3. The maximum Gasteiger partial charge on any atom is 0.221 e. The van der Waals surface area contributed by atoms with E-state index in [4.69, 9.17) is 0 Å². The predicted molar refractivity (Wildman–Crippen MR) is 78.2 cm³/mol. The van der Waals surface area contributed by atoms with E-state index in [9.17, 15) is 4.79 Å². The van der Waals surface area contributed by atoms with Crippen LogP contribution in [-0.2, 0) is 0 Å². The first-order chi connectivity index (χ1) is 8.37. The summed E-state index contributed by atoms with van der Waals surface area (Å²) < 4.78 is -0.0742. The maximum absolute atomic E-state index is 12.2. The third-order valence-corrected chi connectivity index (χ3v) is 3.55. The van der Waals surface area contributed by atoms with Crippen LogP contribution in [0.4, 0.5) is 0 Å². The standard InChI is InChI=1S/C15H17NOS/c1-10-12(14(17)18-15(2,3)4)9-11-7-5-6-8-13(11)16-10/h5-9H,1-4H3. The van der Waals surface area contributed by atoms with Crippen LogP contribution in [0.1, 0.15) is 36.8 Å². The molecule has 1 aromatic carbocycles. The summed E-state index contributed by atoms with van der Waals surface area (Å²) in [5, 5.41) is 1.11. The van der Waals surface area contributed by atoms with Gasteiger partial charge in [0.2, 0.25) is 5.12 Å². The topological polar surface area (TPSA) is 30.0 Å². The van der Waals surface area contributed by atoms with Gasteiger partial charge in [0.15, 0.2) is 0 Å². The Kier molecular flexibility index (Phi) is 3.44. The number of carbonyl (C=O) groups excluding carboxylic acids is 1. The Bertz CT molecular complexity index is 599. The molecule has 0 saturated heterocycles. The number of fused-ring (bicyclic) bond motifs is 1. The number of thioether (sulfide) groups is 1. The zero-order valence-corrected chi connectivity index (χ0v) is 12.0. The highest BCUT2D eigenvalue weighted by molar-refractivity contribution is 8.15. The van der Waals surface area contributed by atoms with E-state index in [2.05, 4.69) is 4.98 Å². The third-order valence-electron chi connectivity index (χ3n) is 2.53. The van der Waals surface area contributed by atoms with Gasteiger partial charge in [0.05, 0.1) is 11.1 Å². The lowest BCUT2D eigenvalue weighted by atomic mass is 10.1. The number of para-hydroxylation sites is 1. The Labute approximate surface area is 112 Å². The van der Waals surface area contributed by atoms with Crippen LogP contribution in [-0.4, -0.2) is 14.8 Å². The van der Waals surface area contributed by atoms with E-state index in [0.29, 0.717) is 5.56 Å². The number of aromatic nitrogens is 1. The summed E-state index contributed by atoms with van der Waals surface area (Å²) in [7, 11) is 0. The first kappa shape index (κ1) is 13.1. The molecule has 1 heterocycles. The van der Waals surface area contributed by atoms with Gasteiger partial charge in [-0.2, -0.15) is 0 Å². The van der Waals surface area contributed by atoms with Crippen molar-refractivity contribution in [3.8, 4) is 0 Å². The summed E-state index contributed by atoms with van der Waals surface area (Å²) in [6.07, 6.45) is 0. The lowest BCUT2D eigenvalue weighted by Gasteiger charge is -2.16. The molecule has 0 radical (unpaired) electrons. The molecule has 0 unspecified atom stereocenters. The summed E-state index contributed by atoms with van der Waals surface area (Å²) >= 11 is 1.35. The molecule has 2 nitrogen and oxygen atoms in total. The lowest BCUT2D eigenvalue weighted by molar-refractivity contribution is 0.108. The Balaban J connectivity index is 2.45. The fraction of sp³-hybridized carbons (Fsp3) is 0.333. The molecule has 0 aliphatic heterocycles. The first-order valence-corrected chi connectivity index (χ1v) is 6.78. The van der Waals surface area contributed by atoms with Crippen LogP contribution in [0.15, 0.2) is 30.3 Å². The van der Waals surface area contributed by atoms with Crippen molar-refractivity contribution in [2.75, 3.05) is 0 Å². The summed E-state index contributed by atoms with van der Waals surface area (Å²) in [6.45, 7) is 8.01. The molecule has 0 amide bonds. The molecule has 0 saturated carbocycles. The Morgan fingerprint density at radius 2 is 1.89 bits per heavy atom. The molecule has 3 heteroatoms. The van der Waals surface area contributed by atoms with Crippen molar-refractivity contribution in [2.45, 2.75) is 32.4 Å². The minimum Gasteiger partial charge on any atom is -0.281 e. The van der Waals surface area contributed by atoms with Gasteiger partial charge in [0.25, 0.3) is 0 Å². The quantitative estimate of drug-likeness (QED) is 0.768. The van der Waals surface area contributed by atoms with Gasteiger partial charge >= 0.3 is 0 Å². The second-order valence-corrected chi connectivity index (χ2v) is 7.12. The van der Waals surface area contributed by atoms with Crippen molar-refractivity contribution in [2.24, 2.45) is 0 Å². The minimum atomic E-state index is -0.0742. The monoisotopic (exact) mass is 259 g/mol. The van der Waals surface area contributed by atoms with E-state index >= 15 is 0 Å². The molecule has 0 fully saturated rings. The number of rotatable bonds is 1. The predicted octanol–water partition coefficient (Wildman–Crippen LogP) is 4.22. The van der Waals surface area contributed by atoms with Gasteiger partial charge in [0, 0.05) is 15.8 Å². The molecule has 0 aliphatic carbocycles. The number of benzene rings is 1. The van der Waals surface area contributed by atoms with Gasteiger partial charge in [-0.3, -0.25) is 9.78 Å². The van der Waals surface area contributed by atoms with Crippen molar-refractivity contribution in [3.05, 3.63) is 41.6 Å². The van der Waals surface area contributed by atoms with Gasteiger partial charge < -0.3 is 0 Å². The van der Waals surface area contributed by atoms with Crippen molar-refractivity contribution in [1.82, 2.24) is 4.98 Å². The summed E-state index contributed by atoms with van der Waals surface area (Å²) in [4.78, 5) is 16.7. The molecule has 1 aromatic heterocycles. The number of aryl methyl sites for hydroxylation is 1. The van der Waals surface area contributed by atoms with E-state index in [0.717, 1.165) is 16.6 Å². The molecule has 0 bridgehead atoms. The number of pyridine rings is 1. The maximum atomic E-state index is 12.2. The first-order valence-electron chi connectivity index (χ1n) is 5.96. The van der Waals surface area contributed by atoms with Crippen molar-refractivity contribution in [3.63, 3.8) is 0 Å². The largest absolute Gasteiger partial charge is 0.281 e. The fourth-order valence-electron chi connectivity index (χ4n) is 1.75. The third kappa shape index (κ3) is 2.91. The summed E-state index contributed by atoms with van der Waals surface area (Å²) in [5.41, 5.74) is 2.45. The second kappa shape index (κ2) is 4.73. The van der Waals surface area contributed by atoms with Gasteiger partial charge in [-0.25, -0.2) is 0 Å². The molecular formula is C15H17NOS.